The molecule has 0 aliphatic carbocycles. The number of pyridine rings is 1. The Morgan fingerprint density at radius 3 is 2.39 bits per heavy atom. The fourth-order valence-corrected chi connectivity index (χ4v) is 4.90. The maximum Gasteiger partial charge on any atom is 0.253 e. The van der Waals surface area contributed by atoms with E-state index in [2.05, 4.69) is 32.8 Å². The van der Waals surface area contributed by atoms with E-state index in [9.17, 15) is 4.79 Å². The molecule has 0 atom stereocenters. The van der Waals surface area contributed by atoms with Gasteiger partial charge in [-0.1, -0.05) is 19.1 Å². The smallest absolute Gasteiger partial charge is 0.253 e. The Labute approximate surface area is 185 Å². The number of amides is 1. The third-order valence-electron chi connectivity index (χ3n) is 5.72. The normalized spacial score (nSPS) is 14.2. The molecule has 1 saturated heterocycles. The summed E-state index contributed by atoms with van der Waals surface area (Å²) in [5.41, 5.74) is 2.90. The molecule has 4 aromatic rings. The second kappa shape index (κ2) is 8.43. The summed E-state index contributed by atoms with van der Waals surface area (Å²) in [5, 5.41) is 1.12. The maximum absolute atomic E-state index is 13.0. The zero-order valence-corrected chi connectivity index (χ0v) is 18.2. The number of carbonyl (C=O) groups excluding carboxylic acids is 1. The third kappa shape index (κ3) is 3.88. The topological polar surface area (TPSA) is 62.2 Å². The lowest BCUT2D eigenvalue weighted by Crippen LogP contribution is -2.49. The van der Waals surface area contributed by atoms with Crippen molar-refractivity contribution in [3.05, 3.63) is 71.6 Å². The molecular formula is C24H23N5OS. The van der Waals surface area contributed by atoms with Gasteiger partial charge in [-0.3, -0.25) is 9.78 Å². The molecule has 0 saturated carbocycles. The second-order valence-corrected chi connectivity index (χ2v) is 8.69. The first-order chi connectivity index (χ1) is 15.2. The molecule has 7 heteroatoms. The first-order valence-electron chi connectivity index (χ1n) is 10.5. The van der Waals surface area contributed by atoms with Crippen LogP contribution in [-0.2, 0) is 6.42 Å². The lowest BCUT2D eigenvalue weighted by molar-refractivity contribution is 0.0746. The van der Waals surface area contributed by atoms with Gasteiger partial charge < -0.3 is 9.80 Å². The predicted molar refractivity (Wildman–Crippen MR) is 125 cm³/mol. The molecule has 1 amide bonds. The number of thiophene rings is 1. The minimum atomic E-state index is 0.0811. The van der Waals surface area contributed by atoms with E-state index < -0.39 is 0 Å². The van der Waals surface area contributed by atoms with Gasteiger partial charge in [0.05, 0.1) is 5.39 Å². The molecule has 3 aromatic heterocycles. The summed E-state index contributed by atoms with van der Waals surface area (Å²) in [6, 6.07) is 14.0. The predicted octanol–water partition coefficient (Wildman–Crippen LogP) is 4.28. The molecule has 1 fully saturated rings. The van der Waals surface area contributed by atoms with Crippen molar-refractivity contribution >= 4 is 33.3 Å². The maximum atomic E-state index is 13.0. The summed E-state index contributed by atoms with van der Waals surface area (Å²) in [5.74, 6) is 1.06. The highest BCUT2D eigenvalue weighted by Crippen LogP contribution is 2.31. The Bertz CT molecular complexity index is 1200. The van der Waals surface area contributed by atoms with E-state index in [1.807, 2.05) is 41.3 Å². The van der Waals surface area contributed by atoms with E-state index in [4.69, 9.17) is 0 Å². The molecule has 1 aromatic carbocycles. The van der Waals surface area contributed by atoms with Gasteiger partial charge in [0.2, 0.25) is 0 Å². The van der Waals surface area contributed by atoms with Gasteiger partial charge in [0, 0.05) is 49.0 Å². The molecular weight excluding hydrogens is 406 g/mol. The van der Waals surface area contributed by atoms with Crippen molar-refractivity contribution in [2.45, 2.75) is 13.3 Å². The van der Waals surface area contributed by atoms with E-state index in [0.717, 1.165) is 52.2 Å². The highest BCUT2D eigenvalue weighted by atomic mass is 32.1. The molecule has 4 heterocycles. The van der Waals surface area contributed by atoms with Crippen LogP contribution in [0.3, 0.4) is 0 Å². The number of piperazine rings is 1. The first-order valence-corrected chi connectivity index (χ1v) is 11.3. The van der Waals surface area contributed by atoms with E-state index in [-0.39, 0.29) is 5.91 Å². The van der Waals surface area contributed by atoms with Gasteiger partial charge in [-0.25, -0.2) is 9.97 Å². The molecule has 156 valence electrons. The van der Waals surface area contributed by atoms with Crippen molar-refractivity contribution in [1.29, 1.82) is 0 Å². The zero-order chi connectivity index (χ0) is 21.2. The lowest BCUT2D eigenvalue weighted by Gasteiger charge is -2.35. The number of hydrogen-bond donors (Lipinski definition) is 0. The molecule has 0 spiro atoms. The Morgan fingerprint density at radius 2 is 1.68 bits per heavy atom. The number of fused-ring (bicyclic) bond motifs is 1. The highest BCUT2D eigenvalue weighted by molar-refractivity contribution is 7.18. The van der Waals surface area contributed by atoms with Crippen LogP contribution >= 0.6 is 11.3 Å². The van der Waals surface area contributed by atoms with Crippen LogP contribution in [0.25, 0.3) is 21.3 Å². The number of aryl methyl sites for hydroxylation is 1. The van der Waals surface area contributed by atoms with Crippen LogP contribution < -0.4 is 4.90 Å². The second-order valence-electron chi connectivity index (χ2n) is 7.57. The van der Waals surface area contributed by atoms with Crippen LogP contribution in [-0.4, -0.2) is 51.9 Å². The number of carbonyl (C=O) groups is 1. The Hall–Kier alpha value is -3.32. The molecule has 0 bridgehead atoms. The summed E-state index contributed by atoms with van der Waals surface area (Å²) in [7, 11) is 0. The highest BCUT2D eigenvalue weighted by Gasteiger charge is 2.24. The SMILES string of the molecule is CCc1cc2c(N3CCN(C(=O)c4ccc(-c5ccncc5)cc4)CC3)ncnc2s1. The summed E-state index contributed by atoms with van der Waals surface area (Å²) >= 11 is 1.73. The van der Waals surface area contributed by atoms with Crippen LogP contribution in [0.1, 0.15) is 22.2 Å². The van der Waals surface area contributed by atoms with Crippen LogP contribution in [0.5, 0.6) is 0 Å². The Kier molecular flexibility index (Phi) is 5.34. The minimum absolute atomic E-state index is 0.0811. The van der Waals surface area contributed by atoms with Gasteiger partial charge in [-0.15, -0.1) is 11.3 Å². The van der Waals surface area contributed by atoms with E-state index in [1.54, 1.807) is 30.1 Å². The van der Waals surface area contributed by atoms with Gasteiger partial charge in [0.15, 0.2) is 0 Å². The zero-order valence-electron chi connectivity index (χ0n) is 17.4. The number of anilines is 1. The van der Waals surface area contributed by atoms with Crippen molar-refractivity contribution in [3.8, 4) is 11.1 Å². The molecule has 31 heavy (non-hydrogen) atoms. The van der Waals surface area contributed by atoms with Crippen molar-refractivity contribution in [1.82, 2.24) is 19.9 Å². The third-order valence-corrected chi connectivity index (χ3v) is 6.91. The Morgan fingerprint density at radius 1 is 0.968 bits per heavy atom. The standard InChI is InChI=1S/C24H23N5OS/c1-2-20-15-21-22(26-16-27-23(21)31-20)28-11-13-29(14-12-28)24(30)19-5-3-17(4-6-19)18-7-9-25-10-8-18/h3-10,15-16H,2,11-14H2,1H3. The van der Waals surface area contributed by atoms with E-state index in [1.165, 1.54) is 4.88 Å². The monoisotopic (exact) mass is 429 g/mol. The summed E-state index contributed by atoms with van der Waals surface area (Å²) in [6.07, 6.45) is 6.20. The average Bonchev–Trinajstić information content (AvgIpc) is 3.28. The van der Waals surface area contributed by atoms with E-state index >= 15 is 0 Å². The van der Waals surface area contributed by atoms with Gasteiger partial charge >= 0.3 is 0 Å². The van der Waals surface area contributed by atoms with Gasteiger partial charge in [0.1, 0.15) is 17.0 Å². The average molecular weight is 430 g/mol. The molecule has 5 rings (SSSR count). The fraction of sp³-hybridized carbons (Fsp3) is 0.250. The van der Waals surface area contributed by atoms with Crippen molar-refractivity contribution in [3.63, 3.8) is 0 Å². The largest absolute Gasteiger partial charge is 0.352 e. The summed E-state index contributed by atoms with van der Waals surface area (Å²) < 4.78 is 0. The summed E-state index contributed by atoms with van der Waals surface area (Å²) in [6.45, 7) is 5.06. The van der Waals surface area contributed by atoms with Crippen molar-refractivity contribution in [2.24, 2.45) is 0 Å². The van der Waals surface area contributed by atoms with Crippen LogP contribution in [0.15, 0.2) is 61.2 Å². The lowest BCUT2D eigenvalue weighted by atomic mass is 10.0. The first kappa shape index (κ1) is 19.6. The molecule has 0 radical (unpaired) electrons. The van der Waals surface area contributed by atoms with Crippen LogP contribution in [0.4, 0.5) is 5.82 Å². The Balaban J connectivity index is 1.27. The number of hydrogen-bond acceptors (Lipinski definition) is 6. The molecule has 0 N–H and O–H groups in total. The minimum Gasteiger partial charge on any atom is -0.352 e. The number of rotatable bonds is 4. The quantitative estimate of drug-likeness (QED) is 0.485. The van der Waals surface area contributed by atoms with Crippen LogP contribution in [0.2, 0.25) is 0 Å². The van der Waals surface area contributed by atoms with Crippen molar-refractivity contribution in [2.75, 3.05) is 31.1 Å². The van der Waals surface area contributed by atoms with E-state index in [0.29, 0.717) is 13.1 Å². The van der Waals surface area contributed by atoms with Gasteiger partial charge in [-0.05, 0) is 47.9 Å². The molecule has 1 aliphatic rings. The molecule has 6 nitrogen and oxygen atoms in total. The number of nitrogens with zero attached hydrogens (tertiary/aromatic N) is 5. The van der Waals surface area contributed by atoms with Gasteiger partial charge in [-0.2, -0.15) is 0 Å². The fourth-order valence-electron chi connectivity index (χ4n) is 3.97. The number of benzene rings is 1. The van der Waals surface area contributed by atoms with Crippen LogP contribution in [0, 0.1) is 0 Å². The van der Waals surface area contributed by atoms with Crippen molar-refractivity contribution < 1.29 is 4.79 Å². The summed E-state index contributed by atoms with van der Waals surface area (Å²) in [4.78, 5) is 32.6. The molecule has 0 unspecified atom stereocenters. The number of aromatic nitrogens is 3. The van der Waals surface area contributed by atoms with Gasteiger partial charge in [0.25, 0.3) is 5.91 Å². The molecule has 1 aliphatic heterocycles.